The van der Waals surface area contributed by atoms with Gasteiger partial charge in [-0.15, -0.1) is 0 Å². The minimum absolute atomic E-state index is 0.677. The van der Waals surface area contributed by atoms with E-state index in [1.54, 1.807) is 0 Å². The molecule has 0 saturated carbocycles. The minimum atomic E-state index is 0.677. The summed E-state index contributed by atoms with van der Waals surface area (Å²) < 4.78 is 0. The molecule has 0 heterocycles. The summed E-state index contributed by atoms with van der Waals surface area (Å²) in [6.45, 7) is 3.38. The van der Waals surface area contributed by atoms with Crippen LogP contribution in [0.1, 0.15) is 0 Å². The van der Waals surface area contributed by atoms with E-state index in [2.05, 4.69) is 58.7 Å². The van der Waals surface area contributed by atoms with Gasteiger partial charge >= 0.3 is 0 Å². The van der Waals surface area contributed by atoms with Crippen LogP contribution in [0.15, 0.2) is 60.7 Å². The van der Waals surface area contributed by atoms with Crippen molar-refractivity contribution in [3.8, 4) is 0 Å². The van der Waals surface area contributed by atoms with Gasteiger partial charge in [-0.1, -0.05) is 36.4 Å². The molecule has 0 spiro atoms. The Balaban J connectivity index is 2.10. The molecule has 0 bridgehead atoms. The van der Waals surface area contributed by atoms with Crippen LogP contribution in [0.2, 0.25) is 0 Å². The summed E-state index contributed by atoms with van der Waals surface area (Å²) in [6.07, 6.45) is 0. The lowest BCUT2D eigenvalue weighted by molar-refractivity contribution is 0.689. The number of anilines is 2. The van der Waals surface area contributed by atoms with E-state index in [4.69, 9.17) is 5.73 Å². The predicted octanol–water partition coefficient (Wildman–Crippen LogP) is 2.37. The predicted molar refractivity (Wildman–Crippen MR) is 81.8 cm³/mol. The summed E-state index contributed by atoms with van der Waals surface area (Å²) in [4.78, 5) is 2.31. The molecule has 2 aromatic rings. The number of para-hydroxylation sites is 2. The summed E-state index contributed by atoms with van der Waals surface area (Å²) in [5, 5.41) is 3.34. The van der Waals surface area contributed by atoms with Crippen LogP contribution < -0.4 is 16.0 Å². The van der Waals surface area contributed by atoms with Gasteiger partial charge in [0.25, 0.3) is 0 Å². The third-order valence-corrected chi connectivity index (χ3v) is 2.97. The van der Waals surface area contributed by atoms with E-state index < -0.39 is 0 Å². The molecule has 0 aliphatic carbocycles. The Morgan fingerprint density at radius 2 is 1.32 bits per heavy atom. The molecule has 100 valence electrons. The first-order chi connectivity index (χ1) is 9.42. The van der Waals surface area contributed by atoms with Gasteiger partial charge in [0.2, 0.25) is 0 Å². The highest BCUT2D eigenvalue weighted by Gasteiger charge is 2.07. The summed E-state index contributed by atoms with van der Waals surface area (Å²) in [7, 11) is 0. The minimum Gasteiger partial charge on any atom is -0.340 e. The fourth-order valence-corrected chi connectivity index (χ4v) is 2.04. The summed E-state index contributed by atoms with van der Waals surface area (Å²) in [5.74, 6) is 0. The molecule has 2 rings (SSSR count). The van der Waals surface area contributed by atoms with Crippen molar-refractivity contribution in [3.05, 3.63) is 60.7 Å². The maximum atomic E-state index is 5.49. The third-order valence-electron chi connectivity index (χ3n) is 2.97. The van der Waals surface area contributed by atoms with E-state index in [-0.39, 0.29) is 0 Å². The molecular formula is C16H21N3. The van der Waals surface area contributed by atoms with Crippen molar-refractivity contribution in [1.82, 2.24) is 5.32 Å². The largest absolute Gasteiger partial charge is 0.340 e. The highest BCUT2D eigenvalue weighted by atomic mass is 15.1. The van der Waals surface area contributed by atoms with Crippen molar-refractivity contribution in [3.63, 3.8) is 0 Å². The lowest BCUT2D eigenvalue weighted by Crippen LogP contribution is -2.31. The van der Waals surface area contributed by atoms with Gasteiger partial charge in [0.1, 0.15) is 0 Å². The number of nitrogens with one attached hydrogen (secondary N) is 1. The Morgan fingerprint density at radius 1 is 0.789 bits per heavy atom. The van der Waals surface area contributed by atoms with Gasteiger partial charge in [-0.3, -0.25) is 0 Å². The molecule has 3 nitrogen and oxygen atoms in total. The first-order valence-electron chi connectivity index (χ1n) is 6.70. The van der Waals surface area contributed by atoms with Gasteiger partial charge in [0.15, 0.2) is 0 Å². The lowest BCUT2D eigenvalue weighted by atomic mass is 10.2. The van der Waals surface area contributed by atoms with Crippen molar-refractivity contribution in [2.24, 2.45) is 5.73 Å². The van der Waals surface area contributed by atoms with E-state index in [0.29, 0.717) is 6.54 Å². The highest BCUT2D eigenvalue weighted by Crippen LogP contribution is 2.23. The van der Waals surface area contributed by atoms with Gasteiger partial charge in [0.05, 0.1) is 0 Å². The Labute approximate surface area is 115 Å². The van der Waals surface area contributed by atoms with Crippen LogP contribution in [0.25, 0.3) is 0 Å². The summed E-state index contributed by atoms with van der Waals surface area (Å²) in [6, 6.07) is 20.9. The van der Waals surface area contributed by atoms with Gasteiger partial charge in [-0.2, -0.15) is 0 Å². The topological polar surface area (TPSA) is 41.3 Å². The van der Waals surface area contributed by atoms with Crippen molar-refractivity contribution < 1.29 is 0 Å². The molecule has 0 fully saturated rings. The van der Waals surface area contributed by atoms with Crippen LogP contribution in [0.5, 0.6) is 0 Å². The Hall–Kier alpha value is -1.84. The highest BCUT2D eigenvalue weighted by molar-refractivity contribution is 5.62. The van der Waals surface area contributed by atoms with Crippen LogP contribution in [0.4, 0.5) is 11.4 Å². The fraction of sp³-hybridized carbons (Fsp3) is 0.250. The van der Waals surface area contributed by atoms with E-state index in [1.807, 2.05) is 12.1 Å². The first kappa shape index (κ1) is 13.6. The Morgan fingerprint density at radius 3 is 1.79 bits per heavy atom. The molecule has 3 heteroatoms. The quantitative estimate of drug-likeness (QED) is 0.746. The zero-order chi connectivity index (χ0) is 13.3. The average Bonchev–Trinajstić information content (AvgIpc) is 2.49. The molecule has 0 aliphatic rings. The second-order valence-corrected chi connectivity index (χ2v) is 4.36. The standard InChI is InChI=1S/C16H21N3/c17-11-12-18-13-14-19(15-7-3-1-4-8-15)16-9-5-2-6-10-16/h1-10,18H,11-14,17H2. The van der Waals surface area contributed by atoms with Crippen molar-refractivity contribution in [2.45, 2.75) is 0 Å². The Bertz CT molecular complexity index is 416. The molecule has 0 radical (unpaired) electrons. The van der Waals surface area contributed by atoms with Crippen molar-refractivity contribution in [1.29, 1.82) is 0 Å². The molecule has 19 heavy (non-hydrogen) atoms. The molecule has 0 aromatic heterocycles. The van der Waals surface area contributed by atoms with Gasteiger partial charge in [0, 0.05) is 37.6 Å². The zero-order valence-corrected chi connectivity index (χ0v) is 11.1. The summed E-state index contributed by atoms with van der Waals surface area (Å²) >= 11 is 0. The van der Waals surface area contributed by atoms with Gasteiger partial charge < -0.3 is 16.0 Å². The second kappa shape index (κ2) is 7.56. The van der Waals surface area contributed by atoms with E-state index in [1.165, 1.54) is 11.4 Å². The normalized spacial score (nSPS) is 10.4. The molecular weight excluding hydrogens is 234 g/mol. The molecule has 0 atom stereocenters. The van der Waals surface area contributed by atoms with Gasteiger partial charge in [-0.25, -0.2) is 0 Å². The van der Waals surface area contributed by atoms with Gasteiger partial charge in [-0.05, 0) is 24.3 Å². The number of benzene rings is 2. The summed E-state index contributed by atoms with van der Waals surface area (Å²) in [5.41, 5.74) is 7.91. The molecule has 0 amide bonds. The maximum absolute atomic E-state index is 5.49. The SMILES string of the molecule is NCCNCCN(c1ccccc1)c1ccccc1. The molecule has 0 saturated heterocycles. The molecule has 3 N–H and O–H groups in total. The number of nitrogens with zero attached hydrogens (tertiary/aromatic N) is 1. The van der Waals surface area contributed by atoms with E-state index >= 15 is 0 Å². The van der Waals surface area contributed by atoms with Crippen molar-refractivity contribution in [2.75, 3.05) is 31.1 Å². The molecule has 0 aliphatic heterocycles. The number of hydrogen-bond acceptors (Lipinski definition) is 3. The molecule has 0 unspecified atom stereocenters. The molecule has 2 aromatic carbocycles. The first-order valence-corrected chi connectivity index (χ1v) is 6.70. The number of nitrogens with two attached hydrogens (primary N) is 1. The number of hydrogen-bond donors (Lipinski definition) is 2. The average molecular weight is 255 g/mol. The lowest BCUT2D eigenvalue weighted by Gasteiger charge is -2.25. The van der Waals surface area contributed by atoms with Crippen LogP contribution in [-0.2, 0) is 0 Å². The van der Waals surface area contributed by atoms with Crippen molar-refractivity contribution >= 4 is 11.4 Å². The number of rotatable bonds is 7. The van der Waals surface area contributed by atoms with Crippen LogP contribution >= 0.6 is 0 Å². The van der Waals surface area contributed by atoms with E-state index in [9.17, 15) is 0 Å². The monoisotopic (exact) mass is 255 g/mol. The maximum Gasteiger partial charge on any atom is 0.0411 e. The van der Waals surface area contributed by atoms with E-state index in [0.717, 1.165) is 19.6 Å². The van der Waals surface area contributed by atoms with Crippen LogP contribution in [-0.4, -0.2) is 26.2 Å². The zero-order valence-electron chi connectivity index (χ0n) is 11.1. The smallest absolute Gasteiger partial charge is 0.0411 e. The fourth-order valence-electron chi connectivity index (χ4n) is 2.04. The van der Waals surface area contributed by atoms with Crippen LogP contribution in [0, 0.1) is 0 Å². The second-order valence-electron chi connectivity index (χ2n) is 4.36. The Kier molecular flexibility index (Phi) is 5.41. The van der Waals surface area contributed by atoms with Crippen LogP contribution in [0.3, 0.4) is 0 Å². The third kappa shape index (κ3) is 4.09.